The van der Waals surface area contributed by atoms with Gasteiger partial charge in [0, 0.05) is 7.05 Å². The van der Waals surface area contributed by atoms with Crippen molar-refractivity contribution < 1.29 is 9.59 Å². The van der Waals surface area contributed by atoms with Crippen LogP contribution in [-0.2, 0) is 16.0 Å². The fourth-order valence-corrected chi connectivity index (χ4v) is 3.71. The van der Waals surface area contributed by atoms with Crippen molar-refractivity contribution in [3.8, 4) is 11.1 Å². The summed E-state index contributed by atoms with van der Waals surface area (Å²) in [6.07, 6.45) is 2.20. The first-order chi connectivity index (χ1) is 15.0. The van der Waals surface area contributed by atoms with Crippen LogP contribution in [0.3, 0.4) is 0 Å². The Labute approximate surface area is 184 Å². The molecule has 0 aliphatic carbocycles. The summed E-state index contributed by atoms with van der Waals surface area (Å²) in [4.78, 5) is 25.6. The van der Waals surface area contributed by atoms with Crippen LogP contribution in [0.15, 0.2) is 78.9 Å². The van der Waals surface area contributed by atoms with Gasteiger partial charge in [-0.25, -0.2) is 0 Å². The van der Waals surface area contributed by atoms with Gasteiger partial charge >= 0.3 is 0 Å². The van der Waals surface area contributed by atoms with Crippen LogP contribution in [0.25, 0.3) is 11.1 Å². The summed E-state index contributed by atoms with van der Waals surface area (Å²) >= 11 is 0. The maximum Gasteiger partial charge on any atom is 0.237 e. The number of nitrogens with one attached hydrogen (secondary N) is 2. The third-order valence-corrected chi connectivity index (χ3v) is 5.50. The number of rotatable bonds is 8. The van der Waals surface area contributed by atoms with Crippen LogP contribution in [0, 0.1) is 0 Å². The molecule has 2 amide bonds. The highest BCUT2D eigenvalue weighted by atomic mass is 16.2. The first-order valence-corrected chi connectivity index (χ1v) is 10.8. The van der Waals surface area contributed by atoms with Gasteiger partial charge in [-0.1, -0.05) is 92.2 Å². The molecule has 160 valence electrons. The zero-order valence-corrected chi connectivity index (χ0v) is 18.4. The number of amides is 2. The molecule has 2 atom stereocenters. The van der Waals surface area contributed by atoms with Crippen LogP contribution in [0.5, 0.6) is 0 Å². The van der Waals surface area contributed by atoms with E-state index in [1.54, 1.807) is 7.05 Å². The SMILES string of the molecule is CCCc1ccc(-c2ccc(C(C(=O)NC)C(=O)N[C@H](C)c3ccccc3)cc2)cc1. The molecule has 0 saturated carbocycles. The molecule has 0 aliphatic heterocycles. The van der Waals surface area contributed by atoms with Gasteiger partial charge in [0.1, 0.15) is 5.92 Å². The Morgan fingerprint density at radius 1 is 0.774 bits per heavy atom. The van der Waals surface area contributed by atoms with Gasteiger partial charge in [0.05, 0.1) is 6.04 Å². The van der Waals surface area contributed by atoms with E-state index in [0.717, 1.165) is 29.5 Å². The number of aryl methyl sites for hydroxylation is 1. The van der Waals surface area contributed by atoms with Gasteiger partial charge in [-0.05, 0) is 41.2 Å². The van der Waals surface area contributed by atoms with Gasteiger partial charge in [-0.2, -0.15) is 0 Å². The molecular weight excluding hydrogens is 384 g/mol. The maximum atomic E-state index is 13.0. The van der Waals surface area contributed by atoms with Gasteiger partial charge in [0.2, 0.25) is 11.8 Å². The average Bonchev–Trinajstić information content (AvgIpc) is 2.81. The molecule has 0 aliphatic rings. The Morgan fingerprint density at radius 2 is 1.35 bits per heavy atom. The van der Waals surface area contributed by atoms with Crippen LogP contribution < -0.4 is 10.6 Å². The Morgan fingerprint density at radius 3 is 1.90 bits per heavy atom. The third-order valence-electron chi connectivity index (χ3n) is 5.50. The number of hydrogen-bond acceptors (Lipinski definition) is 2. The molecule has 31 heavy (non-hydrogen) atoms. The van der Waals surface area contributed by atoms with Crippen molar-refractivity contribution in [3.05, 3.63) is 95.6 Å². The summed E-state index contributed by atoms with van der Waals surface area (Å²) in [5.74, 6) is -1.54. The molecular formula is C27H30N2O2. The largest absolute Gasteiger partial charge is 0.358 e. The molecule has 0 fully saturated rings. The lowest BCUT2D eigenvalue weighted by atomic mass is 9.93. The molecule has 0 heterocycles. The van der Waals surface area contributed by atoms with E-state index in [-0.39, 0.29) is 17.9 Å². The van der Waals surface area contributed by atoms with E-state index in [2.05, 4.69) is 41.8 Å². The van der Waals surface area contributed by atoms with Crippen LogP contribution >= 0.6 is 0 Å². The maximum absolute atomic E-state index is 13.0. The van der Waals surface area contributed by atoms with Gasteiger partial charge in [0.25, 0.3) is 0 Å². The summed E-state index contributed by atoms with van der Waals surface area (Å²) in [6, 6.07) is 25.7. The Kier molecular flexibility index (Phi) is 7.60. The minimum atomic E-state index is -0.905. The van der Waals surface area contributed by atoms with Crippen molar-refractivity contribution in [1.82, 2.24) is 10.6 Å². The second-order valence-electron chi connectivity index (χ2n) is 7.76. The van der Waals surface area contributed by atoms with Gasteiger partial charge in [0.15, 0.2) is 0 Å². The van der Waals surface area contributed by atoms with E-state index >= 15 is 0 Å². The molecule has 0 radical (unpaired) electrons. The minimum Gasteiger partial charge on any atom is -0.358 e. The van der Waals surface area contributed by atoms with E-state index in [1.807, 2.05) is 61.5 Å². The Hall–Kier alpha value is -3.40. The smallest absolute Gasteiger partial charge is 0.237 e. The van der Waals surface area contributed by atoms with E-state index < -0.39 is 5.92 Å². The molecule has 0 bridgehead atoms. The monoisotopic (exact) mass is 414 g/mol. The molecule has 4 heteroatoms. The van der Waals surface area contributed by atoms with Gasteiger partial charge in [-0.3, -0.25) is 9.59 Å². The van der Waals surface area contributed by atoms with Crippen LogP contribution in [0.1, 0.15) is 48.9 Å². The highest BCUT2D eigenvalue weighted by Gasteiger charge is 2.28. The average molecular weight is 415 g/mol. The van der Waals surface area contributed by atoms with Crippen LogP contribution in [0.4, 0.5) is 0 Å². The molecule has 0 spiro atoms. The number of carbonyl (C=O) groups excluding carboxylic acids is 2. The highest BCUT2D eigenvalue weighted by Crippen LogP contribution is 2.25. The standard InChI is InChI=1S/C27H30N2O2/c1-4-8-20-11-13-22(14-12-20)23-15-17-24(18-16-23)25(26(30)28-3)27(31)29-19(2)21-9-6-5-7-10-21/h5-7,9-19,25H,4,8H2,1-3H3,(H,28,30)(H,29,31)/t19-,25?/m1/s1. The number of benzene rings is 3. The number of likely N-dealkylation sites (N-methyl/N-ethyl adjacent to an activating group) is 1. The third kappa shape index (κ3) is 5.60. The van der Waals surface area contributed by atoms with Crippen LogP contribution in [0.2, 0.25) is 0 Å². The van der Waals surface area contributed by atoms with Crippen molar-refractivity contribution in [2.75, 3.05) is 7.05 Å². The molecule has 3 aromatic rings. The summed E-state index contributed by atoms with van der Waals surface area (Å²) in [7, 11) is 1.55. The highest BCUT2D eigenvalue weighted by molar-refractivity contribution is 6.05. The summed E-state index contributed by atoms with van der Waals surface area (Å²) in [6.45, 7) is 4.09. The normalized spacial score (nSPS) is 12.6. The van der Waals surface area contributed by atoms with Crippen molar-refractivity contribution in [1.29, 1.82) is 0 Å². The fourth-order valence-electron chi connectivity index (χ4n) is 3.71. The molecule has 2 N–H and O–H groups in total. The summed E-state index contributed by atoms with van der Waals surface area (Å²) in [5, 5.41) is 5.60. The van der Waals surface area contributed by atoms with Gasteiger partial charge < -0.3 is 10.6 Å². The molecule has 3 rings (SSSR count). The summed E-state index contributed by atoms with van der Waals surface area (Å²) < 4.78 is 0. The first kappa shape index (κ1) is 22.3. The van der Waals surface area contributed by atoms with E-state index in [9.17, 15) is 9.59 Å². The lowest BCUT2D eigenvalue weighted by molar-refractivity contribution is -0.131. The van der Waals surface area contributed by atoms with Crippen molar-refractivity contribution in [3.63, 3.8) is 0 Å². The summed E-state index contributed by atoms with van der Waals surface area (Å²) in [5.41, 5.74) is 5.16. The van der Waals surface area contributed by atoms with Crippen LogP contribution in [-0.4, -0.2) is 18.9 Å². The lowest BCUT2D eigenvalue weighted by Crippen LogP contribution is -2.39. The number of carbonyl (C=O) groups is 2. The second kappa shape index (κ2) is 10.6. The van der Waals surface area contributed by atoms with Crippen molar-refractivity contribution in [2.45, 2.75) is 38.6 Å². The zero-order valence-electron chi connectivity index (χ0n) is 18.4. The first-order valence-electron chi connectivity index (χ1n) is 10.8. The quantitative estimate of drug-likeness (QED) is 0.509. The second-order valence-corrected chi connectivity index (χ2v) is 7.76. The topological polar surface area (TPSA) is 58.2 Å². The number of hydrogen-bond donors (Lipinski definition) is 2. The molecule has 0 aromatic heterocycles. The predicted molar refractivity (Wildman–Crippen MR) is 126 cm³/mol. The zero-order chi connectivity index (χ0) is 22.2. The minimum absolute atomic E-state index is 0.193. The molecule has 1 unspecified atom stereocenters. The van der Waals surface area contributed by atoms with Crippen molar-refractivity contribution >= 4 is 11.8 Å². The molecule has 0 saturated heterocycles. The Balaban J connectivity index is 1.79. The van der Waals surface area contributed by atoms with Crippen molar-refractivity contribution in [2.24, 2.45) is 0 Å². The molecule has 3 aromatic carbocycles. The lowest BCUT2D eigenvalue weighted by Gasteiger charge is -2.20. The van der Waals surface area contributed by atoms with E-state index in [0.29, 0.717) is 5.56 Å². The van der Waals surface area contributed by atoms with Gasteiger partial charge in [-0.15, -0.1) is 0 Å². The fraction of sp³-hybridized carbons (Fsp3) is 0.259. The van der Waals surface area contributed by atoms with E-state index in [4.69, 9.17) is 0 Å². The molecule has 4 nitrogen and oxygen atoms in total. The predicted octanol–water partition coefficient (Wildman–Crippen LogP) is 5.01. The Bertz CT molecular complexity index is 996. The van der Waals surface area contributed by atoms with E-state index in [1.165, 1.54) is 5.56 Å².